The van der Waals surface area contributed by atoms with Crippen LogP contribution in [0.5, 0.6) is 0 Å². The molecule has 0 aromatic heterocycles. The molecule has 1 aliphatic carbocycles. The first kappa shape index (κ1) is 13.8. The molecular formula is C13H26O2Si. The van der Waals surface area contributed by atoms with Crippen LogP contribution in [0.3, 0.4) is 0 Å². The minimum absolute atomic E-state index is 0.817. The third-order valence-corrected chi connectivity index (χ3v) is 3.85. The molecule has 94 valence electrons. The van der Waals surface area contributed by atoms with Gasteiger partial charge in [-0.3, -0.25) is 0 Å². The summed E-state index contributed by atoms with van der Waals surface area (Å²) in [5.41, 5.74) is 1.46. The summed E-state index contributed by atoms with van der Waals surface area (Å²) >= 11 is 0. The van der Waals surface area contributed by atoms with Crippen LogP contribution in [0.4, 0.5) is 0 Å². The van der Waals surface area contributed by atoms with Crippen LogP contribution >= 0.6 is 0 Å². The zero-order chi connectivity index (χ0) is 12.0. The molecular weight excluding hydrogens is 216 g/mol. The van der Waals surface area contributed by atoms with Crippen molar-refractivity contribution in [3.63, 3.8) is 0 Å². The molecule has 0 heterocycles. The van der Waals surface area contributed by atoms with Gasteiger partial charge in [-0.15, -0.1) is 0 Å². The summed E-state index contributed by atoms with van der Waals surface area (Å²) in [4.78, 5) is 0. The number of ether oxygens (including phenoxy) is 1. The quantitative estimate of drug-likeness (QED) is 0.516. The highest BCUT2D eigenvalue weighted by molar-refractivity contribution is 6.69. The van der Waals surface area contributed by atoms with E-state index in [-0.39, 0.29) is 0 Å². The second-order valence-corrected chi connectivity index (χ2v) is 10.1. The second kappa shape index (κ2) is 6.45. The van der Waals surface area contributed by atoms with Gasteiger partial charge in [-0.2, -0.15) is 0 Å². The molecule has 0 spiro atoms. The fraction of sp³-hybridized carbons (Fsp3) is 0.846. The Labute approximate surface area is 101 Å². The number of hydrogen-bond acceptors (Lipinski definition) is 2. The van der Waals surface area contributed by atoms with Crippen molar-refractivity contribution in [3.05, 3.63) is 11.3 Å². The van der Waals surface area contributed by atoms with Gasteiger partial charge in [-0.1, -0.05) is 0 Å². The maximum absolute atomic E-state index is 5.83. The molecule has 0 fully saturated rings. The fourth-order valence-corrected chi connectivity index (χ4v) is 2.61. The first-order chi connectivity index (χ1) is 7.49. The molecule has 0 bridgehead atoms. The van der Waals surface area contributed by atoms with Crippen LogP contribution in [0.2, 0.25) is 19.6 Å². The minimum atomic E-state index is -1.33. The Morgan fingerprint density at radius 2 is 1.75 bits per heavy atom. The normalized spacial score (nSPS) is 17.8. The lowest BCUT2D eigenvalue weighted by Gasteiger charge is -2.20. The monoisotopic (exact) mass is 242 g/mol. The molecule has 0 amide bonds. The lowest BCUT2D eigenvalue weighted by atomic mass is 9.99. The molecule has 0 saturated carbocycles. The smallest absolute Gasteiger partial charge is 0.183 e. The van der Waals surface area contributed by atoms with Crippen LogP contribution < -0.4 is 0 Å². The third kappa shape index (κ3) is 5.71. The Hall–Kier alpha value is -0.283. The molecule has 0 aliphatic heterocycles. The van der Waals surface area contributed by atoms with Crippen LogP contribution in [-0.2, 0) is 9.16 Å². The molecule has 0 N–H and O–H groups in total. The largest absolute Gasteiger partial charge is 0.498 e. The Balaban J connectivity index is 2.11. The van der Waals surface area contributed by atoms with Gasteiger partial charge >= 0.3 is 0 Å². The van der Waals surface area contributed by atoms with Crippen LogP contribution in [0, 0.1) is 0 Å². The topological polar surface area (TPSA) is 18.5 Å². The first-order valence-electron chi connectivity index (χ1n) is 6.44. The van der Waals surface area contributed by atoms with E-state index >= 15 is 0 Å². The Kier molecular flexibility index (Phi) is 5.56. The fourth-order valence-electron chi connectivity index (χ4n) is 1.86. The summed E-state index contributed by atoms with van der Waals surface area (Å²) in [5, 5.41) is 0. The highest BCUT2D eigenvalue weighted by Gasteiger charge is 2.13. The molecule has 0 saturated heterocycles. The van der Waals surface area contributed by atoms with E-state index in [1.807, 2.05) is 0 Å². The van der Waals surface area contributed by atoms with Gasteiger partial charge in [-0.25, -0.2) is 0 Å². The molecule has 0 unspecified atom stereocenters. The van der Waals surface area contributed by atoms with E-state index in [4.69, 9.17) is 9.16 Å². The van der Waals surface area contributed by atoms with Crippen LogP contribution in [0.15, 0.2) is 11.3 Å². The highest BCUT2D eigenvalue weighted by atomic mass is 28.4. The van der Waals surface area contributed by atoms with E-state index in [1.165, 1.54) is 30.6 Å². The Bertz CT molecular complexity index is 241. The zero-order valence-corrected chi connectivity index (χ0v) is 12.3. The van der Waals surface area contributed by atoms with Gasteiger partial charge in [0.15, 0.2) is 8.32 Å². The van der Waals surface area contributed by atoms with Gasteiger partial charge in [0, 0.05) is 19.4 Å². The van der Waals surface area contributed by atoms with Gasteiger partial charge in [0.1, 0.15) is 0 Å². The van der Waals surface area contributed by atoms with Gasteiger partial charge < -0.3 is 9.16 Å². The Morgan fingerprint density at radius 1 is 1.06 bits per heavy atom. The number of allylic oxidation sites excluding steroid dienone is 2. The Morgan fingerprint density at radius 3 is 2.38 bits per heavy atom. The van der Waals surface area contributed by atoms with Gasteiger partial charge in [0.05, 0.1) is 12.4 Å². The second-order valence-electron chi connectivity index (χ2n) is 5.57. The average Bonchev–Trinajstić information content (AvgIpc) is 2.18. The number of hydrogen-bond donors (Lipinski definition) is 0. The van der Waals surface area contributed by atoms with Crippen molar-refractivity contribution >= 4 is 8.32 Å². The van der Waals surface area contributed by atoms with Gasteiger partial charge in [-0.05, 0) is 51.4 Å². The maximum atomic E-state index is 5.83. The van der Waals surface area contributed by atoms with Crippen molar-refractivity contribution in [2.45, 2.75) is 58.7 Å². The first-order valence-corrected chi connectivity index (χ1v) is 9.85. The van der Waals surface area contributed by atoms with E-state index in [0.29, 0.717) is 0 Å². The SMILES string of the molecule is CC1=C(OCCCO[Si](C)(C)C)CCCC1. The molecule has 0 atom stereocenters. The minimum Gasteiger partial charge on any atom is -0.498 e. The predicted molar refractivity (Wildman–Crippen MR) is 71.0 cm³/mol. The van der Waals surface area contributed by atoms with Crippen molar-refractivity contribution in [3.8, 4) is 0 Å². The molecule has 0 aromatic rings. The molecule has 16 heavy (non-hydrogen) atoms. The number of rotatable bonds is 6. The summed E-state index contributed by atoms with van der Waals surface area (Å²) in [5.74, 6) is 1.25. The summed E-state index contributed by atoms with van der Waals surface area (Å²) < 4.78 is 11.6. The lowest BCUT2D eigenvalue weighted by Crippen LogP contribution is -2.26. The summed E-state index contributed by atoms with van der Waals surface area (Å²) in [7, 11) is -1.33. The van der Waals surface area contributed by atoms with E-state index in [1.54, 1.807) is 0 Å². The van der Waals surface area contributed by atoms with Crippen molar-refractivity contribution < 1.29 is 9.16 Å². The molecule has 2 nitrogen and oxygen atoms in total. The standard InChI is InChI=1S/C13H26O2Si/c1-12-8-5-6-9-13(12)14-10-7-11-15-16(2,3)4/h5-11H2,1-4H3. The average molecular weight is 242 g/mol. The van der Waals surface area contributed by atoms with Crippen LogP contribution in [0.1, 0.15) is 39.0 Å². The zero-order valence-electron chi connectivity index (χ0n) is 11.3. The molecule has 1 aliphatic rings. The molecule has 1 rings (SSSR count). The third-order valence-electron chi connectivity index (χ3n) is 2.78. The summed E-state index contributed by atoms with van der Waals surface area (Å²) in [6.45, 7) is 10.5. The summed E-state index contributed by atoms with van der Waals surface area (Å²) in [6, 6.07) is 0. The van der Waals surface area contributed by atoms with Crippen LogP contribution in [0.25, 0.3) is 0 Å². The molecule has 0 radical (unpaired) electrons. The predicted octanol–water partition coefficient (Wildman–Crippen LogP) is 4.09. The van der Waals surface area contributed by atoms with Crippen molar-refractivity contribution in [2.75, 3.05) is 13.2 Å². The molecule has 0 aromatic carbocycles. The molecule has 3 heteroatoms. The van der Waals surface area contributed by atoms with Crippen molar-refractivity contribution in [2.24, 2.45) is 0 Å². The van der Waals surface area contributed by atoms with Crippen molar-refractivity contribution in [1.82, 2.24) is 0 Å². The van der Waals surface area contributed by atoms with Gasteiger partial charge in [0.25, 0.3) is 0 Å². The van der Waals surface area contributed by atoms with E-state index < -0.39 is 8.32 Å². The maximum Gasteiger partial charge on any atom is 0.183 e. The lowest BCUT2D eigenvalue weighted by molar-refractivity contribution is 0.166. The van der Waals surface area contributed by atoms with Gasteiger partial charge in [0.2, 0.25) is 0 Å². The van der Waals surface area contributed by atoms with Crippen LogP contribution in [-0.4, -0.2) is 21.5 Å². The van der Waals surface area contributed by atoms with Crippen molar-refractivity contribution in [1.29, 1.82) is 0 Å². The van der Waals surface area contributed by atoms with E-state index in [0.717, 1.165) is 26.1 Å². The van der Waals surface area contributed by atoms with E-state index in [9.17, 15) is 0 Å². The van der Waals surface area contributed by atoms with E-state index in [2.05, 4.69) is 26.6 Å². The highest BCUT2D eigenvalue weighted by Crippen LogP contribution is 2.24. The summed E-state index contributed by atoms with van der Waals surface area (Å²) in [6.07, 6.45) is 6.00.